The van der Waals surface area contributed by atoms with E-state index in [9.17, 15) is 18.0 Å². The van der Waals surface area contributed by atoms with Gasteiger partial charge in [0.05, 0.1) is 17.4 Å². The zero-order chi connectivity index (χ0) is 22.6. The summed E-state index contributed by atoms with van der Waals surface area (Å²) < 4.78 is 57.5. The third-order valence-electron chi connectivity index (χ3n) is 5.41. The molecule has 3 rings (SSSR count). The van der Waals surface area contributed by atoms with Crippen LogP contribution in [0.4, 0.5) is 18.9 Å². The van der Waals surface area contributed by atoms with Gasteiger partial charge >= 0.3 is 12.1 Å². The number of carbonyl (C=O) groups is 1. The van der Waals surface area contributed by atoms with E-state index in [1.54, 1.807) is 62.4 Å². The van der Waals surface area contributed by atoms with Gasteiger partial charge < -0.3 is 14.2 Å². The maximum Gasteiger partial charge on any atom is 0.468 e. The van der Waals surface area contributed by atoms with Crippen molar-refractivity contribution in [3.05, 3.63) is 66.2 Å². The van der Waals surface area contributed by atoms with E-state index in [-0.39, 0.29) is 23.1 Å². The minimum atomic E-state index is -4.86. The van der Waals surface area contributed by atoms with Gasteiger partial charge in [0.25, 0.3) is 5.90 Å². The number of halogens is 3. The SMILES string of the molecule is CC1O[C@@H](O/C(=N/c2ccccc2)C(F)(F)F)C(OC(=O)c2ccccc2)[C@@H](C)[C@H]1C. The van der Waals surface area contributed by atoms with Crippen molar-refractivity contribution in [2.45, 2.75) is 45.4 Å². The molecule has 0 radical (unpaired) electrons. The van der Waals surface area contributed by atoms with Crippen molar-refractivity contribution in [1.82, 2.24) is 0 Å². The molecule has 0 bridgehead atoms. The van der Waals surface area contributed by atoms with Crippen molar-refractivity contribution in [3.8, 4) is 0 Å². The summed E-state index contributed by atoms with van der Waals surface area (Å²) in [6.07, 6.45) is -7.78. The Kier molecular flexibility index (Phi) is 7.00. The van der Waals surface area contributed by atoms with E-state index in [0.29, 0.717) is 0 Å². The molecule has 2 unspecified atom stereocenters. The largest absolute Gasteiger partial charge is 0.468 e. The molecule has 2 aromatic carbocycles. The van der Waals surface area contributed by atoms with Crippen LogP contribution in [0.5, 0.6) is 0 Å². The summed E-state index contributed by atoms with van der Waals surface area (Å²) in [6, 6.07) is 15.9. The molecule has 166 valence electrons. The number of hydrogen-bond donors (Lipinski definition) is 0. The number of aliphatic imine (C=N–C) groups is 1. The van der Waals surface area contributed by atoms with Gasteiger partial charge in [0.1, 0.15) is 0 Å². The summed E-state index contributed by atoms with van der Waals surface area (Å²) >= 11 is 0. The molecule has 0 aliphatic carbocycles. The fraction of sp³-hybridized carbons (Fsp3) is 0.391. The molecule has 0 amide bonds. The van der Waals surface area contributed by atoms with Crippen molar-refractivity contribution < 1.29 is 32.2 Å². The Labute approximate surface area is 178 Å². The van der Waals surface area contributed by atoms with Gasteiger partial charge in [-0.25, -0.2) is 9.79 Å². The van der Waals surface area contributed by atoms with Crippen LogP contribution in [0.3, 0.4) is 0 Å². The van der Waals surface area contributed by atoms with Crippen molar-refractivity contribution in [1.29, 1.82) is 0 Å². The first-order valence-corrected chi connectivity index (χ1v) is 9.96. The highest BCUT2D eigenvalue weighted by atomic mass is 19.4. The fourth-order valence-corrected chi connectivity index (χ4v) is 3.30. The van der Waals surface area contributed by atoms with Gasteiger partial charge in [-0.05, 0) is 37.1 Å². The summed E-state index contributed by atoms with van der Waals surface area (Å²) in [6.45, 7) is 5.43. The lowest BCUT2D eigenvalue weighted by Crippen LogP contribution is -2.52. The number of carbonyl (C=O) groups excluding carboxylic acids is 1. The van der Waals surface area contributed by atoms with Gasteiger partial charge in [0.15, 0.2) is 6.10 Å². The van der Waals surface area contributed by atoms with Crippen LogP contribution < -0.4 is 0 Å². The topological polar surface area (TPSA) is 57.1 Å². The Hall–Kier alpha value is -2.87. The Balaban J connectivity index is 1.89. The molecule has 0 spiro atoms. The zero-order valence-corrected chi connectivity index (χ0v) is 17.4. The predicted molar refractivity (Wildman–Crippen MR) is 109 cm³/mol. The molecule has 0 N–H and O–H groups in total. The molecule has 0 aromatic heterocycles. The van der Waals surface area contributed by atoms with E-state index in [4.69, 9.17) is 14.2 Å². The smallest absolute Gasteiger partial charge is 0.452 e. The maximum absolute atomic E-state index is 13.7. The van der Waals surface area contributed by atoms with Crippen LogP contribution in [0.2, 0.25) is 0 Å². The summed E-state index contributed by atoms with van der Waals surface area (Å²) in [5.74, 6) is -2.51. The van der Waals surface area contributed by atoms with Crippen LogP contribution in [0.1, 0.15) is 31.1 Å². The Morgan fingerprint density at radius 3 is 2.06 bits per heavy atom. The molecular weight excluding hydrogens is 411 g/mol. The highest BCUT2D eigenvalue weighted by molar-refractivity contribution is 5.89. The van der Waals surface area contributed by atoms with Gasteiger partial charge in [-0.2, -0.15) is 13.2 Å². The van der Waals surface area contributed by atoms with Crippen molar-refractivity contribution in [2.75, 3.05) is 0 Å². The van der Waals surface area contributed by atoms with Gasteiger partial charge in [-0.15, -0.1) is 0 Å². The third kappa shape index (κ3) is 5.64. The number of benzene rings is 2. The fourth-order valence-electron chi connectivity index (χ4n) is 3.30. The van der Waals surface area contributed by atoms with E-state index in [1.807, 2.05) is 6.92 Å². The zero-order valence-electron chi connectivity index (χ0n) is 17.4. The van der Waals surface area contributed by atoms with Crippen LogP contribution in [0.15, 0.2) is 65.7 Å². The van der Waals surface area contributed by atoms with Gasteiger partial charge in [0.2, 0.25) is 6.29 Å². The van der Waals surface area contributed by atoms with Gasteiger partial charge in [-0.1, -0.05) is 50.2 Å². The van der Waals surface area contributed by atoms with Crippen molar-refractivity contribution >= 4 is 17.6 Å². The first kappa shape index (κ1) is 22.8. The summed E-state index contributed by atoms with van der Waals surface area (Å²) in [5, 5.41) is 0. The van der Waals surface area contributed by atoms with Crippen LogP contribution in [-0.2, 0) is 14.2 Å². The molecule has 0 saturated carbocycles. The number of rotatable bonds is 4. The number of esters is 1. The normalized spacial score (nSPS) is 26.9. The number of ether oxygens (including phenoxy) is 3. The van der Waals surface area contributed by atoms with Crippen LogP contribution in [0, 0.1) is 11.8 Å². The molecule has 5 atom stereocenters. The lowest BCUT2D eigenvalue weighted by Gasteiger charge is -2.42. The predicted octanol–water partition coefficient (Wildman–Crippen LogP) is 5.54. The molecule has 1 saturated heterocycles. The summed E-state index contributed by atoms with van der Waals surface area (Å²) in [5.41, 5.74) is 0.367. The van der Waals surface area contributed by atoms with Gasteiger partial charge in [-0.3, -0.25) is 0 Å². The molecule has 1 aliphatic heterocycles. The average Bonchev–Trinajstić information content (AvgIpc) is 2.75. The summed E-state index contributed by atoms with van der Waals surface area (Å²) in [7, 11) is 0. The average molecular weight is 435 g/mol. The lowest BCUT2D eigenvalue weighted by molar-refractivity contribution is -0.245. The molecule has 31 heavy (non-hydrogen) atoms. The minimum Gasteiger partial charge on any atom is -0.452 e. The second-order valence-electron chi connectivity index (χ2n) is 7.53. The quantitative estimate of drug-likeness (QED) is 0.360. The second-order valence-corrected chi connectivity index (χ2v) is 7.53. The Bertz CT molecular complexity index is 902. The number of alkyl halides is 3. The molecule has 8 heteroatoms. The lowest BCUT2D eigenvalue weighted by atomic mass is 9.84. The minimum absolute atomic E-state index is 0.0752. The van der Waals surface area contributed by atoms with E-state index < -0.39 is 36.5 Å². The molecule has 1 heterocycles. The third-order valence-corrected chi connectivity index (χ3v) is 5.41. The number of nitrogens with zero attached hydrogens (tertiary/aromatic N) is 1. The molecule has 2 aromatic rings. The van der Waals surface area contributed by atoms with E-state index in [1.165, 1.54) is 12.1 Å². The first-order valence-electron chi connectivity index (χ1n) is 9.96. The highest BCUT2D eigenvalue weighted by Crippen LogP contribution is 2.35. The standard InChI is InChI=1S/C23H24F3NO4/c1-14-15(2)19(30-20(28)17-10-6-4-7-11-17)21(29-16(14)3)31-22(23(24,25)26)27-18-12-8-5-9-13-18/h4-16,19,21H,1-3H3/b27-22+/t14-,15+,16?,19?,21+/m1/s1. The van der Waals surface area contributed by atoms with Crippen LogP contribution >= 0.6 is 0 Å². The highest BCUT2D eigenvalue weighted by Gasteiger charge is 2.48. The van der Waals surface area contributed by atoms with E-state index >= 15 is 0 Å². The molecule has 1 fully saturated rings. The molecule has 1 aliphatic rings. The van der Waals surface area contributed by atoms with Crippen molar-refractivity contribution in [3.63, 3.8) is 0 Å². The Morgan fingerprint density at radius 2 is 1.48 bits per heavy atom. The first-order chi connectivity index (χ1) is 14.7. The molecular formula is C23H24F3NO4. The van der Waals surface area contributed by atoms with E-state index in [0.717, 1.165) is 0 Å². The monoisotopic (exact) mass is 435 g/mol. The summed E-state index contributed by atoms with van der Waals surface area (Å²) in [4.78, 5) is 16.2. The second kappa shape index (κ2) is 9.51. The number of hydrogen-bond acceptors (Lipinski definition) is 5. The van der Waals surface area contributed by atoms with Crippen molar-refractivity contribution in [2.24, 2.45) is 16.8 Å². The van der Waals surface area contributed by atoms with Crippen LogP contribution in [0.25, 0.3) is 0 Å². The maximum atomic E-state index is 13.7. The van der Waals surface area contributed by atoms with E-state index in [2.05, 4.69) is 4.99 Å². The van der Waals surface area contributed by atoms with Crippen LogP contribution in [-0.4, -0.2) is 36.5 Å². The van der Waals surface area contributed by atoms with Gasteiger partial charge in [0, 0.05) is 5.92 Å². The number of para-hydroxylation sites is 1. The molecule has 5 nitrogen and oxygen atoms in total. The Morgan fingerprint density at radius 1 is 0.903 bits per heavy atom.